The Morgan fingerprint density at radius 1 is 1.47 bits per heavy atom. The molecule has 0 fully saturated rings. The summed E-state index contributed by atoms with van der Waals surface area (Å²) in [5, 5.41) is 17.2. The summed E-state index contributed by atoms with van der Waals surface area (Å²) in [6.45, 7) is 0. The Morgan fingerprint density at radius 3 is 2.67 bits per heavy atom. The number of H-pyrrole nitrogens is 1. The average molecular weight is 227 g/mol. The summed E-state index contributed by atoms with van der Waals surface area (Å²) in [6.07, 6.45) is 3.06. The molecule has 0 bridgehead atoms. The van der Waals surface area contributed by atoms with Crippen LogP contribution in [-0.4, -0.2) is 32.9 Å². The number of thioether (sulfide) groups is 1. The first-order valence-electron chi connectivity index (χ1n) is 4.02. The van der Waals surface area contributed by atoms with E-state index in [1.54, 1.807) is 18.3 Å². The van der Waals surface area contributed by atoms with Crippen LogP contribution in [0, 0.1) is 0 Å². The maximum absolute atomic E-state index is 10.7. The van der Waals surface area contributed by atoms with Gasteiger partial charge in [0.2, 0.25) is 0 Å². The normalized spacial score (nSPS) is 11.3. The molecule has 0 atom stereocenters. The number of aromatic amines is 1. The van der Waals surface area contributed by atoms with E-state index in [4.69, 9.17) is 10.2 Å². The molecular weight excluding hydrogens is 218 g/mol. The van der Waals surface area contributed by atoms with Crippen molar-refractivity contribution in [1.82, 2.24) is 4.98 Å². The quantitative estimate of drug-likeness (QED) is 0.659. The van der Waals surface area contributed by atoms with E-state index in [0.29, 0.717) is 5.69 Å². The van der Waals surface area contributed by atoms with Crippen molar-refractivity contribution >= 4 is 29.8 Å². The molecule has 1 aromatic rings. The molecule has 0 amide bonds. The molecule has 80 valence electrons. The Hall–Kier alpha value is -1.69. The highest BCUT2D eigenvalue weighted by Gasteiger charge is 2.10. The van der Waals surface area contributed by atoms with E-state index in [0.717, 1.165) is 11.8 Å². The number of aromatic nitrogens is 1. The minimum Gasteiger partial charge on any atom is -0.481 e. The SMILES string of the molecule is O=C(O)CS/C(=C\c1ccc[nH]1)C(=O)O. The molecule has 3 N–H and O–H groups in total. The molecule has 5 nitrogen and oxygen atoms in total. The van der Waals surface area contributed by atoms with E-state index in [-0.39, 0.29) is 10.7 Å². The van der Waals surface area contributed by atoms with Crippen LogP contribution >= 0.6 is 11.8 Å². The summed E-state index contributed by atoms with van der Waals surface area (Å²) in [5.41, 5.74) is 0.630. The largest absolute Gasteiger partial charge is 0.481 e. The summed E-state index contributed by atoms with van der Waals surface area (Å²) < 4.78 is 0. The van der Waals surface area contributed by atoms with Gasteiger partial charge in [0.25, 0.3) is 0 Å². The van der Waals surface area contributed by atoms with Crippen molar-refractivity contribution in [2.24, 2.45) is 0 Å². The number of aliphatic carboxylic acids is 2. The Kier molecular flexibility index (Phi) is 3.99. The predicted molar refractivity (Wildman–Crippen MR) is 56.5 cm³/mol. The van der Waals surface area contributed by atoms with Gasteiger partial charge in [-0.1, -0.05) is 0 Å². The van der Waals surface area contributed by atoms with Crippen molar-refractivity contribution in [1.29, 1.82) is 0 Å². The third-order valence-electron chi connectivity index (χ3n) is 1.47. The smallest absolute Gasteiger partial charge is 0.342 e. The van der Waals surface area contributed by atoms with E-state index in [9.17, 15) is 9.59 Å². The van der Waals surface area contributed by atoms with Gasteiger partial charge in [-0.05, 0) is 18.2 Å². The summed E-state index contributed by atoms with van der Waals surface area (Å²) >= 11 is 0.778. The zero-order valence-electron chi connectivity index (χ0n) is 7.64. The average Bonchev–Trinajstić information content (AvgIpc) is 2.63. The van der Waals surface area contributed by atoms with Gasteiger partial charge in [0.05, 0.1) is 10.7 Å². The fourth-order valence-electron chi connectivity index (χ4n) is 0.880. The Bertz CT molecular complexity index is 383. The lowest BCUT2D eigenvalue weighted by Crippen LogP contribution is -2.03. The van der Waals surface area contributed by atoms with Crippen molar-refractivity contribution in [2.75, 3.05) is 5.75 Å². The van der Waals surface area contributed by atoms with Gasteiger partial charge in [-0.25, -0.2) is 4.79 Å². The fourth-order valence-corrected chi connectivity index (χ4v) is 1.49. The van der Waals surface area contributed by atoms with Crippen molar-refractivity contribution < 1.29 is 19.8 Å². The van der Waals surface area contributed by atoms with Gasteiger partial charge in [-0.15, -0.1) is 11.8 Å². The van der Waals surface area contributed by atoms with Crippen LogP contribution in [0.3, 0.4) is 0 Å². The van der Waals surface area contributed by atoms with Crippen LogP contribution in [0.1, 0.15) is 5.69 Å². The van der Waals surface area contributed by atoms with E-state index in [2.05, 4.69) is 4.98 Å². The number of rotatable bonds is 5. The van der Waals surface area contributed by atoms with Crippen LogP contribution in [0.4, 0.5) is 0 Å². The molecule has 0 aliphatic rings. The first-order valence-corrected chi connectivity index (χ1v) is 5.01. The molecule has 1 rings (SSSR count). The molecule has 6 heteroatoms. The molecule has 0 aliphatic heterocycles. The Balaban J connectivity index is 2.74. The van der Waals surface area contributed by atoms with E-state index in [1.165, 1.54) is 6.08 Å². The van der Waals surface area contributed by atoms with Gasteiger partial charge in [0.1, 0.15) is 0 Å². The lowest BCUT2D eigenvalue weighted by molar-refractivity contribution is -0.134. The van der Waals surface area contributed by atoms with Gasteiger partial charge >= 0.3 is 11.9 Å². The minimum absolute atomic E-state index is 0.000139. The third kappa shape index (κ3) is 3.90. The number of hydrogen-bond acceptors (Lipinski definition) is 3. The first kappa shape index (κ1) is 11.4. The minimum atomic E-state index is -1.13. The van der Waals surface area contributed by atoms with Gasteiger partial charge in [0.15, 0.2) is 0 Å². The summed E-state index contributed by atoms with van der Waals surface area (Å²) in [6, 6.07) is 3.43. The molecule has 0 saturated heterocycles. The van der Waals surface area contributed by atoms with Crippen LogP contribution in [0.25, 0.3) is 6.08 Å². The molecule has 0 spiro atoms. The molecule has 1 aromatic heterocycles. The molecule has 0 aromatic carbocycles. The number of carboxylic acid groups (broad SMARTS) is 2. The van der Waals surface area contributed by atoms with Crippen molar-refractivity contribution in [3.8, 4) is 0 Å². The van der Waals surface area contributed by atoms with Gasteiger partial charge in [-0.3, -0.25) is 4.79 Å². The molecule has 0 aliphatic carbocycles. The van der Waals surface area contributed by atoms with E-state index < -0.39 is 11.9 Å². The van der Waals surface area contributed by atoms with E-state index >= 15 is 0 Å². The summed E-state index contributed by atoms with van der Waals surface area (Å²) in [5.74, 6) is -2.44. The molecule has 0 radical (unpaired) electrons. The van der Waals surface area contributed by atoms with Crippen LogP contribution in [0.2, 0.25) is 0 Å². The molecular formula is C9H9NO4S. The van der Waals surface area contributed by atoms with Crippen molar-refractivity contribution in [3.63, 3.8) is 0 Å². The van der Waals surface area contributed by atoms with Crippen molar-refractivity contribution in [2.45, 2.75) is 0 Å². The zero-order chi connectivity index (χ0) is 11.3. The monoisotopic (exact) mass is 227 g/mol. The maximum atomic E-state index is 10.7. The second-order valence-electron chi connectivity index (χ2n) is 2.62. The molecule has 1 heterocycles. The highest BCUT2D eigenvalue weighted by molar-refractivity contribution is 8.04. The summed E-state index contributed by atoms with van der Waals surface area (Å²) in [4.78, 5) is 23.8. The number of nitrogens with one attached hydrogen (secondary N) is 1. The van der Waals surface area contributed by atoms with Crippen LogP contribution < -0.4 is 0 Å². The lowest BCUT2D eigenvalue weighted by Gasteiger charge is -1.98. The van der Waals surface area contributed by atoms with Gasteiger partial charge in [-0.2, -0.15) is 0 Å². The van der Waals surface area contributed by atoms with Crippen LogP contribution in [-0.2, 0) is 9.59 Å². The van der Waals surface area contributed by atoms with Crippen LogP contribution in [0.15, 0.2) is 23.2 Å². The maximum Gasteiger partial charge on any atom is 0.342 e. The Labute approximate surface area is 89.8 Å². The Morgan fingerprint density at radius 2 is 2.20 bits per heavy atom. The lowest BCUT2D eigenvalue weighted by atomic mass is 10.4. The number of carboxylic acids is 2. The highest BCUT2D eigenvalue weighted by atomic mass is 32.2. The molecule has 0 saturated carbocycles. The third-order valence-corrected chi connectivity index (χ3v) is 2.47. The first-order chi connectivity index (χ1) is 7.09. The second-order valence-corrected chi connectivity index (χ2v) is 3.64. The molecule has 0 unspecified atom stereocenters. The van der Waals surface area contributed by atoms with Crippen LogP contribution in [0.5, 0.6) is 0 Å². The molecule has 15 heavy (non-hydrogen) atoms. The second kappa shape index (κ2) is 5.26. The summed E-state index contributed by atoms with van der Waals surface area (Å²) in [7, 11) is 0. The standard InChI is InChI=1S/C9H9NO4S/c11-8(12)5-15-7(9(13)14)4-6-2-1-3-10-6/h1-4,10H,5H2,(H,11,12)(H,13,14)/b7-4-. The predicted octanol–water partition coefficient (Wildman–Crippen LogP) is 1.26. The van der Waals surface area contributed by atoms with Gasteiger partial charge < -0.3 is 15.2 Å². The zero-order valence-corrected chi connectivity index (χ0v) is 8.45. The van der Waals surface area contributed by atoms with Crippen molar-refractivity contribution in [3.05, 3.63) is 28.9 Å². The fraction of sp³-hybridized carbons (Fsp3) is 0.111. The number of carbonyl (C=O) groups is 2. The van der Waals surface area contributed by atoms with E-state index in [1.807, 2.05) is 0 Å². The van der Waals surface area contributed by atoms with Gasteiger partial charge in [0, 0.05) is 11.9 Å². The topological polar surface area (TPSA) is 90.4 Å². The highest BCUT2D eigenvalue weighted by Crippen LogP contribution is 2.18. The number of hydrogen-bond donors (Lipinski definition) is 3.